The summed E-state index contributed by atoms with van der Waals surface area (Å²) < 4.78 is 28.4. The fraction of sp³-hybridized carbons (Fsp3) is 0.200. The first kappa shape index (κ1) is 18.9. The van der Waals surface area contributed by atoms with E-state index in [9.17, 15) is 14.0 Å². The Kier molecular flexibility index (Phi) is 6.08. The number of hydrogen-bond acceptors (Lipinski definition) is 5. The third-order valence-electron chi connectivity index (χ3n) is 3.82. The van der Waals surface area contributed by atoms with Gasteiger partial charge in [0.05, 0.1) is 11.6 Å². The Morgan fingerprint density at radius 2 is 1.96 bits per heavy atom. The second kappa shape index (κ2) is 8.68. The van der Waals surface area contributed by atoms with E-state index in [0.717, 1.165) is 0 Å². The highest BCUT2D eigenvalue weighted by Gasteiger charge is 2.17. The minimum absolute atomic E-state index is 0.109. The lowest BCUT2D eigenvalue weighted by Crippen LogP contribution is -2.05. The molecule has 0 saturated heterocycles. The van der Waals surface area contributed by atoms with Gasteiger partial charge in [-0.15, -0.1) is 0 Å². The molecule has 5 nitrogen and oxygen atoms in total. The highest BCUT2D eigenvalue weighted by atomic mass is 35.5. The quantitative estimate of drug-likeness (QED) is 0.303. The molecule has 0 fully saturated rings. The van der Waals surface area contributed by atoms with Gasteiger partial charge >= 0.3 is 5.97 Å². The molecule has 0 bridgehead atoms. The molecular formula is C20H16ClFO5. The van der Waals surface area contributed by atoms with E-state index >= 15 is 0 Å². The highest BCUT2D eigenvalue weighted by molar-refractivity contribution is 6.32. The minimum Gasteiger partial charge on any atom is -0.463 e. The molecular weight excluding hydrogens is 375 g/mol. The molecule has 1 aliphatic rings. The van der Waals surface area contributed by atoms with Gasteiger partial charge in [-0.3, -0.25) is 4.79 Å². The fourth-order valence-corrected chi connectivity index (χ4v) is 2.76. The van der Waals surface area contributed by atoms with Crippen LogP contribution in [0.4, 0.5) is 4.39 Å². The van der Waals surface area contributed by atoms with Gasteiger partial charge in [0.25, 0.3) is 0 Å². The second-order valence-corrected chi connectivity index (χ2v) is 6.18. The van der Waals surface area contributed by atoms with Crippen LogP contribution in [0.1, 0.15) is 28.8 Å². The molecule has 2 aromatic rings. The van der Waals surface area contributed by atoms with Gasteiger partial charge < -0.3 is 14.2 Å². The van der Waals surface area contributed by atoms with Crippen molar-refractivity contribution in [3.05, 3.63) is 64.4 Å². The van der Waals surface area contributed by atoms with E-state index in [1.165, 1.54) is 30.3 Å². The Labute approximate surface area is 160 Å². The Bertz CT molecular complexity index is 877. The summed E-state index contributed by atoms with van der Waals surface area (Å²) in [7, 11) is 0. The molecule has 7 heteroatoms. The lowest BCUT2D eigenvalue weighted by molar-refractivity contribution is -0.137. The molecule has 0 unspecified atom stereocenters. The van der Waals surface area contributed by atoms with E-state index in [4.69, 9.17) is 25.8 Å². The number of halogens is 2. The van der Waals surface area contributed by atoms with Gasteiger partial charge in [0, 0.05) is 18.1 Å². The fourth-order valence-electron chi connectivity index (χ4n) is 2.48. The summed E-state index contributed by atoms with van der Waals surface area (Å²) in [5, 5.41) is 0.400. The van der Waals surface area contributed by atoms with Crippen LogP contribution in [0.2, 0.25) is 5.02 Å². The molecule has 0 saturated carbocycles. The number of ketones is 1. The predicted molar refractivity (Wildman–Crippen MR) is 97.5 cm³/mol. The molecule has 0 radical (unpaired) electrons. The summed E-state index contributed by atoms with van der Waals surface area (Å²) >= 11 is 6.07. The summed E-state index contributed by atoms with van der Waals surface area (Å²) in [6.07, 6.45) is 3.42. The SMILES string of the molecule is O=C(/C=C/c1cc(Cl)c2c(c1)OCO2)OCCCC(=O)c1ccc(F)cc1. The molecule has 140 valence electrons. The molecule has 0 amide bonds. The number of fused-ring (bicyclic) bond motifs is 1. The molecule has 1 aliphatic heterocycles. The Morgan fingerprint density at radius 3 is 2.74 bits per heavy atom. The van der Waals surface area contributed by atoms with Crippen molar-refractivity contribution in [2.45, 2.75) is 12.8 Å². The number of hydrogen-bond donors (Lipinski definition) is 0. The second-order valence-electron chi connectivity index (χ2n) is 5.77. The number of rotatable bonds is 7. The summed E-state index contributed by atoms with van der Waals surface area (Å²) in [4.78, 5) is 23.7. The van der Waals surface area contributed by atoms with Crippen LogP contribution in [0.3, 0.4) is 0 Å². The number of benzene rings is 2. The van der Waals surface area contributed by atoms with Crippen molar-refractivity contribution < 1.29 is 28.2 Å². The van der Waals surface area contributed by atoms with Gasteiger partial charge in [-0.2, -0.15) is 0 Å². The maximum Gasteiger partial charge on any atom is 0.330 e. The van der Waals surface area contributed by atoms with Crippen molar-refractivity contribution >= 4 is 29.4 Å². The first-order chi connectivity index (χ1) is 13.0. The topological polar surface area (TPSA) is 61.8 Å². The van der Waals surface area contributed by atoms with E-state index in [0.29, 0.717) is 34.1 Å². The summed E-state index contributed by atoms with van der Waals surface area (Å²) in [6, 6.07) is 8.70. The Balaban J connectivity index is 1.43. The normalized spacial score (nSPS) is 12.4. The van der Waals surface area contributed by atoms with Crippen LogP contribution >= 0.6 is 11.6 Å². The maximum absolute atomic E-state index is 12.8. The molecule has 2 aromatic carbocycles. The molecule has 3 rings (SSSR count). The first-order valence-electron chi connectivity index (χ1n) is 8.25. The van der Waals surface area contributed by atoms with Gasteiger partial charge in [-0.05, 0) is 54.5 Å². The molecule has 27 heavy (non-hydrogen) atoms. The molecule has 1 heterocycles. The standard InChI is InChI=1S/C20H16ClFO5/c21-16-10-13(11-18-20(16)27-12-26-18)3-8-19(24)25-9-1-2-17(23)14-4-6-15(22)7-5-14/h3-8,10-11H,1-2,9,12H2/b8-3+. The largest absolute Gasteiger partial charge is 0.463 e. The average molecular weight is 391 g/mol. The lowest BCUT2D eigenvalue weighted by Gasteiger charge is -2.03. The highest BCUT2D eigenvalue weighted by Crippen LogP contribution is 2.40. The van der Waals surface area contributed by atoms with Crippen LogP contribution in [0.5, 0.6) is 11.5 Å². The first-order valence-corrected chi connectivity index (χ1v) is 8.63. The zero-order valence-corrected chi connectivity index (χ0v) is 15.0. The molecule has 0 atom stereocenters. The molecule has 0 N–H and O–H groups in total. The summed E-state index contributed by atoms with van der Waals surface area (Å²) in [5.74, 6) is -0.0392. The van der Waals surface area contributed by atoms with Crippen molar-refractivity contribution in [2.24, 2.45) is 0 Å². The number of carbonyl (C=O) groups is 2. The van der Waals surface area contributed by atoms with Crippen LogP contribution in [0, 0.1) is 5.82 Å². The van der Waals surface area contributed by atoms with Gasteiger partial charge in [0.15, 0.2) is 17.3 Å². The van der Waals surface area contributed by atoms with Gasteiger partial charge in [-0.1, -0.05) is 11.6 Å². The zero-order chi connectivity index (χ0) is 19.2. The van der Waals surface area contributed by atoms with Crippen LogP contribution in [0.25, 0.3) is 6.08 Å². The van der Waals surface area contributed by atoms with E-state index in [1.54, 1.807) is 18.2 Å². The third-order valence-corrected chi connectivity index (χ3v) is 4.10. The van der Waals surface area contributed by atoms with E-state index < -0.39 is 11.8 Å². The van der Waals surface area contributed by atoms with Gasteiger partial charge in [-0.25, -0.2) is 9.18 Å². The summed E-state index contributed by atoms with van der Waals surface area (Å²) in [5.41, 5.74) is 1.11. The van der Waals surface area contributed by atoms with Gasteiger partial charge in [0.2, 0.25) is 6.79 Å². The van der Waals surface area contributed by atoms with Crippen LogP contribution < -0.4 is 9.47 Å². The Hall–Kier alpha value is -2.86. The van der Waals surface area contributed by atoms with Crippen molar-refractivity contribution in [2.75, 3.05) is 13.4 Å². The predicted octanol–water partition coefficient (Wildman–Crippen LogP) is 4.43. The van der Waals surface area contributed by atoms with Gasteiger partial charge in [0.1, 0.15) is 5.82 Å². The number of Topliss-reactive ketones (excluding diaryl/α,β-unsaturated/α-hetero) is 1. The molecule has 0 aromatic heterocycles. The van der Waals surface area contributed by atoms with Crippen LogP contribution in [-0.4, -0.2) is 25.2 Å². The number of carbonyl (C=O) groups excluding carboxylic acids is 2. The van der Waals surface area contributed by atoms with E-state index in [-0.39, 0.29) is 25.6 Å². The Morgan fingerprint density at radius 1 is 1.19 bits per heavy atom. The minimum atomic E-state index is -0.530. The third kappa shape index (κ3) is 5.08. The number of esters is 1. The monoisotopic (exact) mass is 390 g/mol. The van der Waals surface area contributed by atoms with Crippen molar-refractivity contribution in [1.29, 1.82) is 0 Å². The lowest BCUT2D eigenvalue weighted by atomic mass is 10.1. The van der Waals surface area contributed by atoms with E-state index in [2.05, 4.69) is 0 Å². The van der Waals surface area contributed by atoms with Crippen molar-refractivity contribution in [1.82, 2.24) is 0 Å². The zero-order valence-electron chi connectivity index (χ0n) is 14.2. The smallest absolute Gasteiger partial charge is 0.330 e. The molecule has 0 spiro atoms. The average Bonchev–Trinajstić information content (AvgIpc) is 3.13. The van der Waals surface area contributed by atoms with Crippen LogP contribution in [-0.2, 0) is 9.53 Å². The van der Waals surface area contributed by atoms with Crippen LogP contribution in [0.15, 0.2) is 42.5 Å². The van der Waals surface area contributed by atoms with E-state index in [1.807, 2.05) is 0 Å². The van der Waals surface area contributed by atoms with Crippen molar-refractivity contribution in [3.8, 4) is 11.5 Å². The summed E-state index contributed by atoms with van der Waals surface area (Å²) in [6.45, 7) is 0.221. The molecule has 0 aliphatic carbocycles. The number of ether oxygens (including phenoxy) is 3. The van der Waals surface area contributed by atoms with Crippen molar-refractivity contribution in [3.63, 3.8) is 0 Å². The maximum atomic E-state index is 12.8.